The van der Waals surface area contributed by atoms with Gasteiger partial charge in [0.05, 0.1) is 5.56 Å². The topological polar surface area (TPSA) is 58.6 Å². The van der Waals surface area contributed by atoms with E-state index in [2.05, 4.69) is 41.3 Å². The lowest BCUT2D eigenvalue weighted by Gasteiger charge is -2.15. The van der Waals surface area contributed by atoms with Crippen molar-refractivity contribution >= 4 is 13.0 Å². The molecule has 0 saturated carbocycles. The third-order valence-corrected chi connectivity index (χ3v) is 5.38. The number of nitrogens with zero attached hydrogens (tertiary/aromatic N) is 3. The van der Waals surface area contributed by atoms with Crippen LogP contribution in [0.3, 0.4) is 0 Å². The Kier molecular flexibility index (Phi) is 6.99. The lowest BCUT2D eigenvalue weighted by Crippen LogP contribution is -2.33. The number of aromatic nitrogens is 1. The van der Waals surface area contributed by atoms with E-state index >= 15 is 0 Å². The van der Waals surface area contributed by atoms with Crippen LogP contribution >= 0.6 is 0 Å². The minimum absolute atomic E-state index is 0.536. The molecular formula is C27H25BN3O3+. The van der Waals surface area contributed by atoms with E-state index in [9.17, 15) is 0 Å². The van der Waals surface area contributed by atoms with E-state index in [0.29, 0.717) is 11.5 Å². The Hall–Kier alpha value is -4.44. The number of nitriles is 1. The average molecular weight is 450 g/mol. The van der Waals surface area contributed by atoms with Crippen molar-refractivity contribution in [3.8, 4) is 40.1 Å². The van der Waals surface area contributed by atoms with Crippen molar-refractivity contribution in [1.29, 1.82) is 5.26 Å². The van der Waals surface area contributed by atoms with Crippen molar-refractivity contribution in [2.24, 2.45) is 7.05 Å². The molecule has 0 atom stereocenters. The Labute approximate surface area is 200 Å². The molecule has 0 spiro atoms. The molecule has 0 N–H and O–H groups in total. The maximum absolute atomic E-state index is 9.10. The van der Waals surface area contributed by atoms with Crippen LogP contribution in [0.25, 0.3) is 22.4 Å². The van der Waals surface area contributed by atoms with Gasteiger partial charge in [0.1, 0.15) is 18.5 Å². The van der Waals surface area contributed by atoms with Crippen molar-refractivity contribution in [1.82, 2.24) is 0 Å². The van der Waals surface area contributed by atoms with E-state index in [1.54, 1.807) is 18.4 Å². The third-order valence-electron chi connectivity index (χ3n) is 5.38. The lowest BCUT2D eigenvalue weighted by atomic mass is 10.0. The van der Waals surface area contributed by atoms with Crippen LogP contribution in [0.1, 0.15) is 0 Å². The Morgan fingerprint density at radius 1 is 0.824 bits per heavy atom. The molecule has 0 unspecified atom stereocenters. The second-order valence-electron chi connectivity index (χ2n) is 7.90. The number of para-hydroxylation sites is 2. The molecule has 0 bridgehead atoms. The summed E-state index contributed by atoms with van der Waals surface area (Å²) in [5.41, 5.74) is 5.13. The molecule has 0 aliphatic heterocycles. The second kappa shape index (κ2) is 10.5. The summed E-state index contributed by atoms with van der Waals surface area (Å²) in [4.78, 5) is 2.07. The van der Waals surface area contributed by atoms with Crippen LogP contribution in [0.5, 0.6) is 11.5 Å². The number of hydrogen-bond acceptors (Lipinski definition) is 5. The minimum Gasteiger partial charge on any atom is -0.489 e. The van der Waals surface area contributed by atoms with E-state index < -0.39 is 7.32 Å². The third kappa shape index (κ3) is 5.30. The molecule has 6 nitrogen and oxygen atoms in total. The van der Waals surface area contributed by atoms with Crippen molar-refractivity contribution in [3.05, 3.63) is 97.2 Å². The van der Waals surface area contributed by atoms with Gasteiger partial charge >= 0.3 is 7.32 Å². The zero-order valence-electron chi connectivity index (χ0n) is 19.4. The smallest absolute Gasteiger partial charge is 0.489 e. The molecule has 0 fully saturated rings. The number of aryl methyl sites for hydroxylation is 1. The summed E-state index contributed by atoms with van der Waals surface area (Å²) in [6.07, 6.45) is 3.68. The van der Waals surface area contributed by atoms with Crippen molar-refractivity contribution in [3.63, 3.8) is 0 Å². The highest BCUT2D eigenvalue weighted by molar-refractivity contribution is 6.39. The summed E-state index contributed by atoms with van der Waals surface area (Å²) in [5, 5.41) is 9.10. The number of pyridine rings is 1. The van der Waals surface area contributed by atoms with Crippen LogP contribution in [0.15, 0.2) is 97.2 Å². The minimum atomic E-state index is -1.22. The molecule has 4 aromatic rings. The van der Waals surface area contributed by atoms with Crippen LogP contribution < -0.4 is 18.8 Å². The van der Waals surface area contributed by atoms with Crippen LogP contribution in [0.2, 0.25) is 0 Å². The second-order valence-corrected chi connectivity index (χ2v) is 7.90. The first-order valence-corrected chi connectivity index (χ1v) is 10.8. The van der Waals surface area contributed by atoms with Crippen molar-refractivity contribution < 1.29 is 18.5 Å². The summed E-state index contributed by atoms with van der Waals surface area (Å²) < 4.78 is 18.8. The molecule has 1 heterocycles. The number of benzene rings is 3. The highest BCUT2D eigenvalue weighted by Crippen LogP contribution is 2.31. The van der Waals surface area contributed by atoms with Gasteiger partial charge in [0.15, 0.2) is 6.20 Å². The van der Waals surface area contributed by atoms with E-state index in [-0.39, 0.29) is 0 Å². The van der Waals surface area contributed by atoms with E-state index in [1.807, 2.05) is 74.4 Å². The average Bonchev–Trinajstić information content (AvgIpc) is 2.86. The Balaban J connectivity index is 1.66. The molecule has 0 aliphatic carbocycles. The van der Waals surface area contributed by atoms with E-state index in [4.69, 9.17) is 19.2 Å². The molecular weight excluding hydrogens is 425 g/mol. The molecule has 0 radical (unpaired) electrons. The van der Waals surface area contributed by atoms with Crippen LogP contribution in [-0.4, -0.2) is 21.4 Å². The Bertz CT molecular complexity index is 1290. The molecule has 168 valence electrons. The fraction of sp³-hybridized carbons (Fsp3) is 0.111. The molecule has 3 aromatic carbocycles. The summed E-state index contributed by atoms with van der Waals surface area (Å²) >= 11 is 0. The fourth-order valence-electron chi connectivity index (χ4n) is 3.58. The first-order valence-electron chi connectivity index (χ1n) is 10.8. The molecule has 34 heavy (non-hydrogen) atoms. The first kappa shape index (κ1) is 22.7. The number of rotatable bonds is 8. The zero-order chi connectivity index (χ0) is 23.9. The van der Waals surface area contributed by atoms with Crippen LogP contribution in [0.4, 0.5) is 5.69 Å². The molecule has 0 amide bonds. The van der Waals surface area contributed by atoms with Gasteiger partial charge in [-0.1, -0.05) is 42.5 Å². The predicted octanol–water partition coefficient (Wildman–Crippen LogP) is 4.85. The first-order chi connectivity index (χ1) is 16.5. The SMILES string of the molecule is CN(C)c1ccc(-c2cc[n+](C)c(-c3ccccc3OB(OC#N)Oc3ccccc3)c2)cc1. The fourth-order valence-corrected chi connectivity index (χ4v) is 3.58. The van der Waals surface area contributed by atoms with Gasteiger partial charge in [-0.15, -0.1) is 0 Å². The van der Waals surface area contributed by atoms with Crippen LogP contribution in [0, 0.1) is 11.5 Å². The number of hydrogen-bond donors (Lipinski definition) is 0. The summed E-state index contributed by atoms with van der Waals surface area (Å²) in [7, 11) is 4.81. The van der Waals surface area contributed by atoms with Crippen molar-refractivity contribution in [2.45, 2.75) is 0 Å². The summed E-state index contributed by atoms with van der Waals surface area (Å²) in [6.45, 7) is 0. The van der Waals surface area contributed by atoms with Gasteiger partial charge in [-0.05, 0) is 47.5 Å². The predicted molar refractivity (Wildman–Crippen MR) is 133 cm³/mol. The van der Waals surface area contributed by atoms with Gasteiger partial charge in [-0.2, -0.15) is 5.26 Å². The maximum atomic E-state index is 9.10. The monoisotopic (exact) mass is 450 g/mol. The lowest BCUT2D eigenvalue weighted by molar-refractivity contribution is -0.660. The highest BCUT2D eigenvalue weighted by Gasteiger charge is 2.31. The van der Waals surface area contributed by atoms with Gasteiger partial charge < -0.3 is 18.9 Å². The van der Waals surface area contributed by atoms with Crippen molar-refractivity contribution in [2.75, 3.05) is 19.0 Å². The molecule has 0 saturated heterocycles. The van der Waals surface area contributed by atoms with Gasteiger partial charge in [0.2, 0.25) is 5.69 Å². The molecule has 0 aliphatic rings. The quantitative estimate of drug-likeness (QED) is 0.218. The normalized spacial score (nSPS) is 10.2. The maximum Gasteiger partial charge on any atom is 0.874 e. The standard InChI is InChI=1S/C27H25BN3O3/c1-30(2)23-15-13-21(14-16-23)22-17-18-31(3)26(19-22)25-11-7-8-12-27(25)34-28(32-20-29)33-24-9-5-4-6-10-24/h4-19H,1-3H3/q+1. The van der Waals surface area contributed by atoms with Gasteiger partial charge in [0, 0.05) is 31.9 Å². The molecule has 7 heteroatoms. The Morgan fingerprint density at radius 2 is 1.53 bits per heavy atom. The molecule has 4 rings (SSSR count). The molecule has 1 aromatic heterocycles. The zero-order valence-corrected chi connectivity index (χ0v) is 19.4. The van der Waals surface area contributed by atoms with Gasteiger partial charge in [-0.25, -0.2) is 4.57 Å². The van der Waals surface area contributed by atoms with E-state index in [1.165, 1.54) is 0 Å². The van der Waals surface area contributed by atoms with Gasteiger partial charge in [0.25, 0.3) is 6.26 Å². The summed E-state index contributed by atoms with van der Waals surface area (Å²) in [6, 6.07) is 29.3. The number of anilines is 1. The van der Waals surface area contributed by atoms with Crippen LogP contribution in [-0.2, 0) is 11.7 Å². The highest BCUT2D eigenvalue weighted by atomic mass is 16.7. The largest absolute Gasteiger partial charge is 0.874 e. The van der Waals surface area contributed by atoms with E-state index in [0.717, 1.165) is 28.1 Å². The summed E-state index contributed by atoms with van der Waals surface area (Å²) in [5.74, 6) is 1.07. The Morgan fingerprint density at radius 3 is 2.24 bits per heavy atom. The van der Waals surface area contributed by atoms with Gasteiger partial charge in [-0.3, -0.25) is 0 Å².